The molecule has 138 valence electrons. The van der Waals surface area contributed by atoms with Gasteiger partial charge in [0.2, 0.25) is 0 Å². The van der Waals surface area contributed by atoms with Gasteiger partial charge >= 0.3 is 0 Å². The summed E-state index contributed by atoms with van der Waals surface area (Å²) in [4.78, 5) is 12.7. The molecular weight excluding hydrogens is 342 g/mol. The lowest BCUT2D eigenvalue weighted by molar-refractivity contribution is 0.0679. The molecule has 1 unspecified atom stereocenters. The van der Waals surface area contributed by atoms with Gasteiger partial charge in [-0.1, -0.05) is 12.1 Å². The minimum absolute atomic E-state index is 0.183. The Morgan fingerprint density at radius 1 is 1.19 bits per heavy atom. The van der Waals surface area contributed by atoms with E-state index in [-0.39, 0.29) is 12.0 Å². The largest absolute Gasteiger partial charge is 0.491 e. The highest BCUT2D eigenvalue weighted by Gasteiger charge is 2.16. The van der Waals surface area contributed by atoms with Crippen LogP contribution in [0.1, 0.15) is 23.2 Å². The maximum absolute atomic E-state index is 12.7. The number of anilines is 1. The molecule has 1 amide bonds. The predicted octanol–water partition coefficient (Wildman–Crippen LogP) is 3.68. The topological polar surface area (TPSA) is 65.4 Å². The van der Waals surface area contributed by atoms with Crippen molar-refractivity contribution in [1.82, 2.24) is 9.78 Å². The van der Waals surface area contributed by atoms with Crippen molar-refractivity contribution in [3.63, 3.8) is 0 Å². The molecule has 1 N–H and O–H groups in total. The van der Waals surface area contributed by atoms with Crippen LogP contribution in [-0.2, 0) is 4.74 Å². The average Bonchev–Trinajstić information content (AvgIpc) is 3.41. The highest BCUT2D eigenvalue weighted by Crippen LogP contribution is 2.20. The molecule has 2 aromatic carbocycles. The number of amides is 1. The average molecular weight is 363 g/mol. The second-order valence-electron chi connectivity index (χ2n) is 6.39. The highest BCUT2D eigenvalue weighted by atomic mass is 16.5. The standard InChI is InChI=1S/C21H21N3O3/c25-21(19-6-1-2-7-20(19)24-13-4-12-22-24)23-16-8-10-17(11-9-16)27-15-18-5-3-14-26-18/h1-2,4,6-13,18H,3,5,14-15H2,(H,23,25). The van der Waals surface area contributed by atoms with Crippen molar-refractivity contribution in [3.05, 3.63) is 72.6 Å². The second-order valence-corrected chi connectivity index (χ2v) is 6.39. The van der Waals surface area contributed by atoms with Gasteiger partial charge in [-0.3, -0.25) is 4.79 Å². The molecule has 6 nitrogen and oxygen atoms in total. The first-order valence-corrected chi connectivity index (χ1v) is 9.04. The molecule has 27 heavy (non-hydrogen) atoms. The Morgan fingerprint density at radius 3 is 2.78 bits per heavy atom. The van der Waals surface area contributed by atoms with Crippen LogP contribution < -0.4 is 10.1 Å². The molecule has 1 aliphatic rings. The molecule has 0 spiro atoms. The summed E-state index contributed by atoms with van der Waals surface area (Å²) >= 11 is 0. The summed E-state index contributed by atoms with van der Waals surface area (Å²) in [6.07, 6.45) is 5.82. The van der Waals surface area contributed by atoms with E-state index in [1.807, 2.05) is 54.7 Å². The summed E-state index contributed by atoms with van der Waals surface area (Å²) < 4.78 is 13.0. The first-order chi connectivity index (χ1) is 13.3. The lowest BCUT2D eigenvalue weighted by Gasteiger charge is -2.13. The summed E-state index contributed by atoms with van der Waals surface area (Å²) in [5.41, 5.74) is 2.00. The van der Waals surface area contributed by atoms with Gasteiger partial charge in [0, 0.05) is 24.7 Å². The van der Waals surface area contributed by atoms with Gasteiger partial charge in [0.25, 0.3) is 5.91 Å². The number of aromatic nitrogens is 2. The maximum atomic E-state index is 12.7. The minimum atomic E-state index is -0.186. The Labute approximate surface area is 157 Å². The van der Waals surface area contributed by atoms with E-state index >= 15 is 0 Å². The molecule has 1 aromatic heterocycles. The van der Waals surface area contributed by atoms with Crippen molar-refractivity contribution in [1.29, 1.82) is 0 Å². The van der Waals surface area contributed by atoms with Gasteiger partial charge in [0.05, 0.1) is 17.4 Å². The number of benzene rings is 2. The van der Waals surface area contributed by atoms with Gasteiger partial charge in [0.15, 0.2) is 0 Å². The maximum Gasteiger partial charge on any atom is 0.257 e. The van der Waals surface area contributed by atoms with Gasteiger partial charge in [-0.15, -0.1) is 0 Å². The zero-order valence-electron chi connectivity index (χ0n) is 14.9. The number of ether oxygens (including phenoxy) is 2. The normalized spacial score (nSPS) is 16.2. The van der Waals surface area contributed by atoms with Gasteiger partial charge in [-0.05, 0) is 55.3 Å². The number of hydrogen-bond donors (Lipinski definition) is 1. The number of para-hydroxylation sites is 1. The van der Waals surface area contributed by atoms with Crippen LogP contribution in [0, 0.1) is 0 Å². The third kappa shape index (κ3) is 4.17. The van der Waals surface area contributed by atoms with E-state index in [9.17, 15) is 4.79 Å². The Kier molecular flexibility index (Phi) is 5.16. The van der Waals surface area contributed by atoms with E-state index in [1.54, 1.807) is 16.9 Å². The van der Waals surface area contributed by atoms with Gasteiger partial charge in [-0.2, -0.15) is 5.10 Å². The number of carbonyl (C=O) groups is 1. The summed E-state index contributed by atoms with van der Waals surface area (Å²) in [6.45, 7) is 1.38. The molecule has 0 bridgehead atoms. The van der Waals surface area contributed by atoms with Crippen LogP contribution in [0.5, 0.6) is 5.75 Å². The number of nitrogens with zero attached hydrogens (tertiary/aromatic N) is 2. The van der Waals surface area contributed by atoms with Gasteiger partial charge in [0.1, 0.15) is 12.4 Å². The van der Waals surface area contributed by atoms with Crippen molar-refractivity contribution in [2.75, 3.05) is 18.5 Å². The van der Waals surface area contributed by atoms with Crippen molar-refractivity contribution in [3.8, 4) is 11.4 Å². The fraction of sp³-hybridized carbons (Fsp3) is 0.238. The lowest BCUT2D eigenvalue weighted by atomic mass is 10.1. The Bertz CT molecular complexity index is 885. The zero-order chi connectivity index (χ0) is 18.5. The molecule has 1 aliphatic heterocycles. The second kappa shape index (κ2) is 8.05. The summed E-state index contributed by atoms with van der Waals surface area (Å²) in [5, 5.41) is 7.14. The molecule has 1 atom stereocenters. The van der Waals surface area contributed by atoms with Crippen LogP contribution in [0.2, 0.25) is 0 Å². The lowest BCUT2D eigenvalue weighted by Crippen LogP contribution is -2.16. The first-order valence-electron chi connectivity index (χ1n) is 9.04. The Balaban J connectivity index is 1.41. The third-order valence-corrected chi connectivity index (χ3v) is 4.47. The van der Waals surface area contributed by atoms with E-state index < -0.39 is 0 Å². The minimum Gasteiger partial charge on any atom is -0.491 e. The van der Waals surface area contributed by atoms with Crippen molar-refractivity contribution in [2.45, 2.75) is 18.9 Å². The van der Waals surface area contributed by atoms with E-state index in [0.29, 0.717) is 17.9 Å². The molecule has 2 heterocycles. The van der Waals surface area contributed by atoms with Crippen LogP contribution >= 0.6 is 0 Å². The Hall–Kier alpha value is -3.12. The smallest absolute Gasteiger partial charge is 0.257 e. The molecule has 0 saturated carbocycles. The van der Waals surface area contributed by atoms with Crippen LogP contribution in [0.25, 0.3) is 5.69 Å². The van der Waals surface area contributed by atoms with Gasteiger partial charge in [-0.25, -0.2) is 4.68 Å². The number of hydrogen-bond acceptors (Lipinski definition) is 4. The predicted molar refractivity (Wildman–Crippen MR) is 102 cm³/mol. The molecular formula is C21H21N3O3. The van der Waals surface area contributed by atoms with Crippen molar-refractivity contribution in [2.24, 2.45) is 0 Å². The van der Waals surface area contributed by atoms with E-state index in [1.165, 1.54) is 0 Å². The Morgan fingerprint density at radius 2 is 2.04 bits per heavy atom. The van der Waals surface area contributed by atoms with Crippen molar-refractivity contribution < 1.29 is 14.3 Å². The monoisotopic (exact) mass is 363 g/mol. The van der Waals surface area contributed by atoms with E-state index in [0.717, 1.165) is 30.9 Å². The van der Waals surface area contributed by atoms with Crippen molar-refractivity contribution >= 4 is 11.6 Å². The van der Waals surface area contributed by atoms with E-state index in [2.05, 4.69) is 10.4 Å². The van der Waals surface area contributed by atoms with Crippen LogP contribution in [-0.4, -0.2) is 35.0 Å². The number of rotatable bonds is 6. The zero-order valence-corrected chi connectivity index (χ0v) is 14.9. The fourth-order valence-electron chi connectivity index (χ4n) is 3.07. The summed E-state index contributed by atoms with van der Waals surface area (Å²) in [7, 11) is 0. The number of nitrogens with one attached hydrogen (secondary N) is 1. The molecule has 1 fully saturated rings. The van der Waals surface area contributed by atoms with Crippen LogP contribution in [0.15, 0.2) is 67.0 Å². The summed E-state index contributed by atoms with van der Waals surface area (Å²) in [5.74, 6) is 0.578. The molecule has 1 saturated heterocycles. The summed E-state index contributed by atoms with van der Waals surface area (Å²) in [6, 6.07) is 16.6. The van der Waals surface area contributed by atoms with Crippen LogP contribution in [0.3, 0.4) is 0 Å². The molecule has 6 heteroatoms. The fourth-order valence-corrected chi connectivity index (χ4v) is 3.07. The van der Waals surface area contributed by atoms with Crippen LogP contribution in [0.4, 0.5) is 5.69 Å². The van der Waals surface area contributed by atoms with Gasteiger partial charge < -0.3 is 14.8 Å². The first kappa shape index (κ1) is 17.3. The number of carbonyl (C=O) groups excluding carboxylic acids is 1. The molecule has 3 aromatic rings. The molecule has 0 aliphatic carbocycles. The SMILES string of the molecule is O=C(Nc1ccc(OCC2CCCO2)cc1)c1ccccc1-n1cccn1. The third-order valence-electron chi connectivity index (χ3n) is 4.47. The highest BCUT2D eigenvalue weighted by molar-refractivity contribution is 6.06. The quantitative estimate of drug-likeness (QED) is 0.725. The van der Waals surface area contributed by atoms with E-state index in [4.69, 9.17) is 9.47 Å². The molecule has 4 rings (SSSR count). The molecule has 0 radical (unpaired) electrons.